The fourth-order valence-corrected chi connectivity index (χ4v) is 3.16. The Morgan fingerprint density at radius 2 is 2.00 bits per heavy atom. The number of aromatic nitrogens is 1. The molecular weight excluding hydrogens is 246 g/mol. The molecule has 2 aliphatic rings. The van der Waals surface area contributed by atoms with Gasteiger partial charge in [-0.05, 0) is 55.7 Å². The summed E-state index contributed by atoms with van der Waals surface area (Å²) in [6, 6.07) is 3.08. The maximum atomic E-state index is 4.74. The van der Waals surface area contributed by atoms with Gasteiger partial charge in [-0.25, -0.2) is 4.98 Å². The molecule has 3 rings (SSSR count). The highest BCUT2D eigenvalue weighted by atomic mass is 15.2. The van der Waals surface area contributed by atoms with Crippen LogP contribution in [0.1, 0.15) is 50.2 Å². The van der Waals surface area contributed by atoms with E-state index in [1.54, 1.807) is 0 Å². The number of aryl methyl sites for hydroxylation is 1. The van der Waals surface area contributed by atoms with Gasteiger partial charge in [-0.3, -0.25) is 0 Å². The predicted octanol–water partition coefficient (Wildman–Crippen LogP) is 3.27. The number of nitrogens with one attached hydrogen (secondary N) is 1. The molecule has 0 unspecified atom stereocenters. The van der Waals surface area contributed by atoms with Crippen molar-refractivity contribution >= 4 is 5.82 Å². The van der Waals surface area contributed by atoms with Gasteiger partial charge in [0.15, 0.2) is 0 Å². The fraction of sp³-hybridized carbons (Fsp3) is 0.706. The summed E-state index contributed by atoms with van der Waals surface area (Å²) >= 11 is 0. The maximum Gasteiger partial charge on any atom is 0.131 e. The minimum atomic E-state index is 0.767. The maximum absolute atomic E-state index is 4.74. The number of pyridine rings is 1. The predicted molar refractivity (Wildman–Crippen MR) is 84.1 cm³/mol. The monoisotopic (exact) mass is 273 g/mol. The van der Waals surface area contributed by atoms with Gasteiger partial charge in [-0.2, -0.15) is 0 Å². The van der Waals surface area contributed by atoms with Gasteiger partial charge in [0.1, 0.15) is 5.82 Å². The zero-order valence-corrected chi connectivity index (χ0v) is 12.9. The third-order valence-corrected chi connectivity index (χ3v) is 4.77. The molecule has 2 fully saturated rings. The molecule has 0 amide bonds. The Labute approximate surface area is 122 Å². The SMILES string of the molecule is CCC1CCN(c2ncc(CNC3CC3)cc2C)CC1. The van der Waals surface area contributed by atoms with Crippen molar-refractivity contribution in [2.75, 3.05) is 18.0 Å². The van der Waals surface area contributed by atoms with Crippen LogP contribution in [0.25, 0.3) is 0 Å². The number of rotatable bonds is 5. The van der Waals surface area contributed by atoms with Crippen LogP contribution in [0.4, 0.5) is 5.82 Å². The lowest BCUT2D eigenvalue weighted by Gasteiger charge is -2.33. The van der Waals surface area contributed by atoms with Gasteiger partial charge in [0, 0.05) is 31.9 Å². The largest absolute Gasteiger partial charge is 0.356 e. The van der Waals surface area contributed by atoms with Gasteiger partial charge in [0.2, 0.25) is 0 Å². The molecule has 0 radical (unpaired) electrons. The molecule has 0 atom stereocenters. The van der Waals surface area contributed by atoms with Crippen LogP contribution in [-0.2, 0) is 6.54 Å². The van der Waals surface area contributed by atoms with E-state index < -0.39 is 0 Å². The van der Waals surface area contributed by atoms with E-state index in [1.165, 1.54) is 62.1 Å². The number of hydrogen-bond donors (Lipinski definition) is 1. The van der Waals surface area contributed by atoms with Gasteiger partial charge < -0.3 is 10.2 Å². The van der Waals surface area contributed by atoms with Crippen LogP contribution < -0.4 is 10.2 Å². The molecule has 1 saturated carbocycles. The van der Waals surface area contributed by atoms with E-state index in [1.807, 2.05) is 0 Å². The Morgan fingerprint density at radius 3 is 2.60 bits per heavy atom. The van der Waals surface area contributed by atoms with Crippen LogP contribution in [0.5, 0.6) is 0 Å². The normalized spacial score (nSPS) is 20.4. The standard InChI is InChI=1S/C17H27N3/c1-3-14-6-8-20(9-7-14)17-13(2)10-15(12-19-17)11-18-16-4-5-16/h10,12,14,16,18H,3-9,11H2,1-2H3. The molecule has 1 aliphatic carbocycles. The summed E-state index contributed by atoms with van der Waals surface area (Å²) in [6.45, 7) is 7.83. The second-order valence-electron chi connectivity index (χ2n) is 6.48. The molecule has 3 nitrogen and oxygen atoms in total. The first-order valence-electron chi connectivity index (χ1n) is 8.20. The zero-order valence-electron chi connectivity index (χ0n) is 12.9. The molecule has 3 heteroatoms. The summed E-state index contributed by atoms with van der Waals surface area (Å²) in [5.41, 5.74) is 2.65. The first-order valence-corrected chi connectivity index (χ1v) is 8.20. The van der Waals surface area contributed by atoms with E-state index in [2.05, 4.69) is 36.3 Å². The van der Waals surface area contributed by atoms with Crippen LogP contribution in [-0.4, -0.2) is 24.1 Å². The molecule has 1 aromatic heterocycles. The van der Waals surface area contributed by atoms with Gasteiger partial charge in [-0.1, -0.05) is 13.3 Å². The summed E-state index contributed by atoms with van der Waals surface area (Å²) < 4.78 is 0. The van der Waals surface area contributed by atoms with E-state index in [-0.39, 0.29) is 0 Å². The highest BCUT2D eigenvalue weighted by molar-refractivity contribution is 5.47. The van der Waals surface area contributed by atoms with E-state index in [0.29, 0.717) is 0 Å². The molecule has 110 valence electrons. The molecule has 0 bridgehead atoms. The van der Waals surface area contributed by atoms with Gasteiger partial charge in [-0.15, -0.1) is 0 Å². The summed E-state index contributed by atoms with van der Waals surface area (Å²) in [7, 11) is 0. The van der Waals surface area contributed by atoms with Crippen LogP contribution >= 0.6 is 0 Å². The fourth-order valence-electron chi connectivity index (χ4n) is 3.16. The Hall–Kier alpha value is -1.09. The van der Waals surface area contributed by atoms with E-state index in [0.717, 1.165) is 18.5 Å². The van der Waals surface area contributed by atoms with E-state index >= 15 is 0 Å². The molecule has 1 N–H and O–H groups in total. The van der Waals surface area contributed by atoms with Gasteiger partial charge in [0.05, 0.1) is 0 Å². The third kappa shape index (κ3) is 3.32. The van der Waals surface area contributed by atoms with Crippen molar-refractivity contribution in [2.45, 2.75) is 58.5 Å². The van der Waals surface area contributed by atoms with Gasteiger partial charge >= 0.3 is 0 Å². The zero-order chi connectivity index (χ0) is 13.9. The second kappa shape index (κ2) is 6.13. The van der Waals surface area contributed by atoms with Crippen LogP contribution in [0.2, 0.25) is 0 Å². The highest BCUT2D eigenvalue weighted by Gasteiger charge is 2.21. The van der Waals surface area contributed by atoms with Crippen LogP contribution in [0.3, 0.4) is 0 Å². The molecule has 2 heterocycles. The number of anilines is 1. The second-order valence-corrected chi connectivity index (χ2v) is 6.48. The lowest BCUT2D eigenvalue weighted by Crippen LogP contribution is -2.34. The van der Waals surface area contributed by atoms with E-state index in [9.17, 15) is 0 Å². The average Bonchev–Trinajstić information content (AvgIpc) is 3.30. The third-order valence-electron chi connectivity index (χ3n) is 4.77. The summed E-state index contributed by atoms with van der Waals surface area (Å²) in [5.74, 6) is 2.13. The highest BCUT2D eigenvalue weighted by Crippen LogP contribution is 2.26. The minimum absolute atomic E-state index is 0.767. The number of nitrogens with zero attached hydrogens (tertiary/aromatic N) is 2. The van der Waals surface area contributed by atoms with Crippen molar-refractivity contribution < 1.29 is 0 Å². The Morgan fingerprint density at radius 1 is 1.25 bits per heavy atom. The Balaban J connectivity index is 1.61. The molecule has 1 saturated heterocycles. The molecule has 20 heavy (non-hydrogen) atoms. The summed E-state index contributed by atoms with van der Waals surface area (Å²) in [6.07, 6.45) is 8.72. The van der Waals surface area contributed by atoms with Crippen molar-refractivity contribution in [2.24, 2.45) is 5.92 Å². The van der Waals surface area contributed by atoms with Crippen molar-refractivity contribution in [3.05, 3.63) is 23.4 Å². The summed E-state index contributed by atoms with van der Waals surface area (Å²) in [4.78, 5) is 7.21. The topological polar surface area (TPSA) is 28.2 Å². The molecular formula is C17H27N3. The van der Waals surface area contributed by atoms with Crippen molar-refractivity contribution in [1.82, 2.24) is 10.3 Å². The minimum Gasteiger partial charge on any atom is -0.356 e. The first-order chi connectivity index (χ1) is 9.76. The number of hydrogen-bond acceptors (Lipinski definition) is 3. The Kier molecular flexibility index (Phi) is 4.25. The van der Waals surface area contributed by atoms with Crippen molar-refractivity contribution in [1.29, 1.82) is 0 Å². The van der Waals surface area contributed by atoms with Crippen molar-refractivity contribution in [3.63, 3.8) is 0 Å². The molecule has 0 aromatic carbocycles. The number of piperidine rings is 1. The van der Waals surface area contributed by atoms with Crippen molar-refractivity contribution in [3.8, 4) is 0 Å². The first kappa shape index (κ1) is 13.9. The quantitative estimate of drug-likeness (QED) is 0.892. The molecule has 1 aromatic rings. The average molecular weight is 273 g/mol. The Bertz CT molecular complexity index is 446. The molecule has 0 spiro atoms. The van der Waals surface area contributed by atoms with E-state index in [4.69, 9.17) is 4.98 Å². The smallest absolute Gasteiger partial charge is 0.131 e. The molecule has 1 aliphatic heterocycles. The lowest BCUT2D eigenvalue weighted by atomic mass is 9.94. The van der Waals surface area contributed by atoms with Crippen LogP contribution in [0.15, 0.2) is 12.3 Å². The van der Waals surface area contributed by atoms with Crippen LogP contribution in [0, 0.1) is 12.8 Å². The summed E-state index contributed by atoms with van der Waals surface area (Å²) in [5, 5.41) is 3.56. The lowest BCUT2D eigenvalue weighted by molar-refractivity contribution is 0.393. The van der Waals surface area contributed by atoms with Gasteiger partial charge in [0.25, 0.3) is 0 Å².